The van der Waals surface area contributed by atoms with Crippen molar-refractivity contribution in [3.8, 4) is 11.6 Å². The predicted octanol–water partition coefficient (Wildman–Crippen LogP) is 3.03. The monoisotopic (exact) mass is 285 g/mol. The molecule has 0 atom stereocenters. The van der Waals surface area contributed by atoms with Gasteiger partial charge in [-0.3, -0.25) is 10.1 Å². The molecule has 3 rings (SSSR count). The molecule has 1 aliphatic rings. The number of hydrogen-bond donors (Lipinski definition) is 1. The van der Waals surface area contributed by atoms with E-state index < -0.39 is 4.92 Å². The van der Waals surface area contributed by atoms with Gasteiger partial charge in [-0.15, -0.1) is 0 Å². The molecule has 1 aromatic heterocycles. The molecular weight excluding hydrogens is 270 g/mol. The zero-order chi connectivity index (χ0) is 14.7. The highest BCUT2D eigenvalue weighted by Gasteiger charge is 2.21. The van der Waals surface area contributed by atoms with Crippen LogP contribution in [0.3, 0.4) is 0 Å². The molecule has 1 saturated carbocycles. The van der Waals surface area contributed by atoms with Gasteiger partial charge in [0.25, 0.3) is 0 Å². The summed E-state index contributed by atoms with van der Waals surface area (Å²) in [7, 11) is 0. The van der Waals surface area contributed by atoms with Crippen molar-refractivity contribution in [3.05, 3.63) is 58.3 Å². The Balaban J connectivity index is 1.82. The van der Waals surface area contributed by atoms with Crippen LogP contribution in [0.5, 0.6) is 11.6 Å². The highest BCUT2D eigenvalue weighted by atomic mass is 16.6. The van der Waals surface area contributed by atoms with Crippen molar-refractivity contribution in [1.82, 2.24) is 10.3 Å². The maximum absolute atomic E-state index is 11.0. The number of nitro benzene ring substituents is 1. The van der Waals surface area contributed by atoms with Crippen molar-refractivity contribution >= 4 is 5.69 Å². The number of rotatable bonds is 6. The zero-order valence-electron chi connectivity index (χ0n) is 11.4. The van der Waals surface area contributed by atoms with E-state index in [1.807, 2.05) is 12.1 Å². The third-order valence-corrected chi connectivity index (χ3v) is 3.28. The Labute approximate surface area is 121 Å². The number of nitrogens with one attached hydrogen (secondary N) is 1. The van der Waals surface area contributed by atoms with Crippen LogP contribution in [0.25, 0.3) is 0 Å². The van der Waals surface area contributed by atoms with E-state index in [4.69, 9.17) is 4.74 Å². The molecule has 1 aromatic carbocycles. The Morgan fingerprint density at radius 2 is 2.10 bits per heavy atom. The van der Waals surface area contributed by atoms with Crippen molar-refractivity contribution in [1.29, 1.82) is 0 Å². The fraction of sp³-hybridized carbons (Fsp3) is 0.267. The molecule has 0 radical (unpaired) electrons. The molecule has 1 N–H and O–H groups in total. The highest BCUT2D eigenvalue weighted by molar-refractivity contribution is 5.48. The SMILES string of the molecule is O=[N+]([O-])c1ccccc1Oc1ncccc1CNC1CC1. The van der Waals surface area contributed by atoms with E-state index in [9.17, 15) is 10.1 Å². The van der Waals surface area contributed by atoms with Crippen LogP contribution in [0.4, 0.5) is 5.69 Å². The van der Waals surface area contributed by atoms with Gasteiger partial charge in [0, 0.05) is 30.4 Å². The van der Waals surface area contributed by atoms with Crippen LogP contribution < -0.4 is 10.1 Å². The lowest BCUT2D eigenvalue weighted by Crippen LogP contribution is -2.16. The fourth-order valence-corrected chi connectivity index (χ4v) is 1.99. The van der Waals surface area contributed by atoms with Gasteiger partial charge in [-0.1, -0.05) is 18.2 Å². The van der Waals surface area contributed by atoms with Crippen LogP contribution in [0.1, 0.15) is 18.4 Å². The van der Waals surface area contributed by atoms with Gasteiger partial charge < -0.3 is 10.1 Å². The summed E-state index contributed by atoms with van der Waals surface area (Å²) in [4.78, 5) is 14.7. The second-order valence-electron chi connectivity index (χ2n) is 4.95. The molecule has 6 heteroatoms. The van der Waals surface area contributed by atoms with E-state index in [-0.39, 0.29) is 11.4 Å². The van der Waals surface area contributed by atoms with Crippen LogP contribution in [0, 0.1) is 10.1 Å². The Morgan fingerprint density at radius 3 is 2.86 bits per heavy atom. The normalized spacial score (nSPS) is 13.9. The summed E-state index contributed by atoms with van der Waals surface area (Å²) in [5, 5.41) is 14.4. The maximum Gasteiger partial charge on any atom is 0.311 e. The third-order valence-electron chi connectivity index (χ3n) is 3.28. The smallest absolute Gasteiger partial charge is 0.311 e. The topological polar surface area (TPSA) is 77.3 Å². The number of nitrogens with zero attached hydrogens (tertiary/aromatic N) is 2. The van der Waals surface area contributed by atoms with Crippen molar-refractivity contribution in [2.45, 2.75) is 25.4 Å². The molecule has 1 fully saturated rings. The van der Waals surface area contributed by atoms with Gasteiger partial charge in [0.1, 0.15) is 0 Å². The average molecular weight is 285 g/mol. The predicted molar refractivity (Wildman–Crippen MR) is 77.3 cm³/mol. The first-order chi connectivity index (χ1) is 10.2. The lowest BCUT2D eigenvalue weighted by molar-refractivity contribution is -0.385. The molecule has 0 spiro atoms. The molecule has 0 amide bonds. The van der Waals surface area contributed by atoms with Crippen molar-refractivity contribution < 1.29 is 9.66 Å². The molecule has 0 aliphatic heterocycles. The molecule has 1 aliphatic carbocycles. The van der Waals surface area contributed by atoms with Crippen LogP contribution in [-0.2, 0) is 6.54 Å². The summed E-state index contributed by atoms with van der Waals surface area (Å²) in [5.74, 6) is 0.605. The average Bonchev–Trinajstić information content (AvgIpc) is 3.31. The summed E-state index contributed by atoms with van der Waals surface area (Å²) in [6.45, 7) is 0.647. The van der Waals surface area contributed by atoms with E-state index in [1.54, 1.807) is 24.4 Å². The Morgan fingerprint density at radius 1 is 1.29 bits per heavy atom. The summed E-state index contributed by atoms with van der Waals surface area (Å²) >= 11 is 0. The van der Waals surface area contributed by atoms with E-state index in [0.29, 0.717) is 18.5 Å². The molecular formula is C15H15N3O3. The summed E-state index contributed by atoms with van der Waals surface area (Å²) in [6, 6.07) is 10.6. The minimum absolute atomic E-state index is 0.0655. The first kappa shape index (κ1) is 13.5. The van der Waals surface area contributed by atoms with Gasteiger partial charge in [0.05, 0.1) is 4.92 Å². The van der Waals surface area contributed by atoms with Gasteiger partial charge >= 0.3 is 5.69 Å². The third kappa shape index (κ3) is 3.35. The van der Waals surface area contributed by atoms with E-state index in [1.165, 1.54) is 18.9 Å². The molecule has 2 aromatic rings. The van der Waals surface area contributed by atoms with E-state index >= 15 is 0 Å². The minimum atomic E-state index is -0.458. The minimum Gasteiger partial charge on any atom is -0.431 e. The summed E-state index contributed by atoms with van der Waals surface area (Å²) in [6.07, 6.45) is 4.01. The van der Waals surface area contributed by atoms with Crippen LogP contribution >= 0.6 is 0 Å². The fourth-order valence-electron chi connectivity index (χ4n) is 1.99. The number of aromatic nitrogens is 1. The van der Waals surface area contributed by atoms with Gasteiger partial charge in [-0.25, -0.2) is 4.98 Å². The molecule has 1 heterocycles. The largest absolute Gasteiger partial charge is 0.431 e. The molecule has 0 unspecified atom stereocenters. The second kappa shape index (κ2) is 5.88. The van der Waals surface area contributed by atoms with E-state index in [2.05, 4.69) is 10.3 Å². The van der Waals surface area contributed by atoms with Gasteiger partial charge in [0.2, 0.25) is 11.6 Å². The lowest BCUT2D eigenvalue weighted by atomic mass is 10.2. The molecule has 21 heavy (non-hydrogen) atoms. The number of hydrogen-bond acceptors (Lipinski definition) is 5. The Kier molecular flexibility index (Phi) is 3.79. The Hall–Kier alpha value is -2.47. The van der Waals surface area contributed by atoms with Crippen molar-refractivity contribution in [2.75, 3.05) is 0 Å². The molecule has 6 nitrogen and oxygen atoms in total. The number of para-hydroxylation sites is 2. The Bertz CT molecular complexity index is 656. The maximum atomic E-state index is 11.0. The highest BCUT2D eigenvalue weighted by Crippen LogP contribution is 2.31. The first-order valence-electron chi connectivity index (χ1n) is 6.82. The zero-order valence-corrected chi connectivity index (χ0v) is 11.4. The number of pyridine rings is 1. The molecule has 108 valence electrons. The number of nitro groups is 1. The van der Waals surface area contributed by atoms with Crippen LogP contribution in [0.15, 0.2) is 42.6 Å². The number of ether oxygens (including phenoxy) is 1. The molecule has 0 bridgehead atoms. The second-order valence-corrected chi connectivity index (χ2v) is 4.95. The quantitative estimate of drug-likeness (QED) is 0.652. The summed E-state index contributed by atoms with van der Waals surface area (Å²) < 4.78 is 5.66. The molecule has 0 saturated heterocycles. The van der Waals surface area contributed by atoms with Crippen molar-refractivity contribution in [3.63, 3.8) is 0 Å². The van der Waals surface area contributed by atoms with Crippen molar-refractivity contribution in [2.24, 2.45) is 0 Å². The van der Waals surface area contributed by atoms with Gasteiger partial charge in [0.15, 0.2) is 0 Å². The van der Waals surface area contributed by atoms with Crippen LogP contribution in [-0.4, -0.2) is 15.9 Å². The lowest BCUT2D eigenvalue weighted by Gasteiger charge is -2.10. The number of benzene rings is 1. The summed E-state index contributed by atoms with van der Waals surface area (Å²) in [5.41, 5.74) is 0.826. The standard InChI is InChI=1S/C15H15N3O3/c19-18(20)13-5-1-2-6-14(13)21-15-11(4-3-9-16-15)10-17-12-7-8-12/h1-6,9,12,17H,7-8,10H2. The van der Waals surface area contributed by atoms with Gasteiger partial charge in [-0.2, -0.15) is 0 Å². The van der Waals surface area contributed by atoms with Crippen LogP contribution in [0.2, 0.25) is 0 Å². The van der Waals surface area contributed by atoms with E-state index in [0.717, 1.165) is 5.56 Å². The van der Waals surface area contributed by atoms with Gasteiger partial charge in [-0.05, 0) is 25.0 Å². The first-order valence-corrected chi connectivity index (χ1v) is 6.82.